The summed E-state index contributed by atoms with van der Waals surface area (Å²) < 4.78 is 22.3. The predicted molar refractivity (Wildman–Crippen MR) is 132 cm³/mol. The van der Waals surface area contributed by atoms with Crippen LogP contribution in [0.2, 0.25) is 0 Å². The van der Waals surface area contributed by atoms with E-state index in [4.69, 9.17) is 18.6 Å². The van der Waals surface area contributed by atoms with Crippen LogP contribution in [-0.2, 0) is 14.2 Å². The largest absolute Gasteiger partial charge is 0.508 e. The molecular formula is C26H28O14. The minimum Gasteiger partial charge on any atom is -0.508 e. The maximum atomic E-state index is 13.1. The molecule has 3 heterocycles. The summed E-state index contributed by atoms with van der Waals surface area (Å²) in [6.07, 6.45) is -14.9. The summed E-state index contributed by atoms with van der Waals surface area (Å²) >= 11 is 0. The van der Waals surface area contributed by atoms with E-state index in [1.807, 2.05) is 0 Å². The van der Waals surface area contributed by atoms with Crippen molar-refractivity contribution in [3.8, 4) is 28.6 Å². The third-order valence-electron chi connectivity index (χ3n) is 7.06. The minimum atomic E-state index is -1.85. The van der Waals surface area contributed by atoms with Crippen LogP contribution in [-0.4, -0.2) is 108 Å². The number of ether oxygens (including phenoxy) is 3. The fourth-order valence-electron chi connectivity index (χ4n) is 4.88. The van der Waals surface area contributed by atoms with Crippen molar-refractivity contribution in [2.24, 2.45) is 0 Å². The lowest BCUT2D eigenvalue weighted by molar-refractivity contribution is -0.325. The third-order valence-corrected chi connectivity index (χ3v) is 7.06. The van der Waals surface area contributed by atoms with E-state index in [0.717, 1.165) is 12.1 Å². The van der Waals surface area contributed by atoms with Gasteiger partial charge in [0, 0.05) is 17.7 Å². The number of hydrogen-bond acceptors (Lipinski definition) is 14. The first-order valence-electron chi connectivity index (χ1n) is 12.3. The highest BCUT2D eigenvalue weighted by molar-refractivity contribution is 5.88. The molecule has 3 aromatic rings. The molecule has 2 aliphatic rings. The highest BCUT2D eigenvalue weighted by atomic mass is 16.7. The summed E-state index contributed by atoms with van der Waals surface area (Å²) in [6.45, 7) is -1.24. The van der Waals surface area contributed by atoms with Crippen LogP contribution < -0.4 is 5.43 Å². The number of aromatic hydroxyl groups is 3. The Morgan fingerprint density at radius 1 is 0.900 bits per heavy atom. The van der Waals surface area contributed by atoms with Crippen molar-refractivity contribution in [1.82, 2.24) is 0 Å². The van der Waals surface area contributed by atoms with Gasteiger partial charge < -0.3 is 64.6 Å². The maximum Gasteiger partial charge on any atom is 0.197 e. The van der Waals surface area contributed by atoms with Crippen molar-refractivity contribution in [1.29, 1.82) is 0 Å². The molecule has 2 aliphatic heterocycles. The molecule has 0 saturated carbocycles. The molecule has 9 N–H and O–H groups in total. The molecule has 2 fully saturated rings. The van der Waals surface area contributed by atoms with Gasteiger partial charge in [0.1, 0.15) is 82.8 Å². The van der Waals surface area contributed by atoms with Crippen LogP contribution >= 0.6 is 0 Å². The van der Waals surface area contributed by atoms with Gasteiger partial charge in [-0.3, -0.25) is 4.79 Å². The quantitative estimate of drug-likeness (QED) is 0.172. The molecule has 216 valence electrons. The molecule has 0 bridgehead atoms. The number of aliphatic hydroxyl groups is 6. The average molecular weight is 564 g/mol. The summed E-state index contributed by atoms with van der Waals surface area (Å²) in [4.78, 5) is 13.1. The molecule has 0 spiro atoms. The Morgan fingerprint density at radius 2 is 1.60 bits per heavy atom. The lowest BCUT2D eigenvalue weighted by Crippen LogP contribution is -2.60. The van der Waals surface area contributed by atoms with Crippen molar-refractivity contribution in [3.05, 3.63) is 52.2 Å². The van der Waals surface area contributed by atoms with Crippen molar-refractivity contribution >= 4 is 11.0 Å². The van der Waals surface area contributed by atoms with Crippen LogP contribution in [0.3, 0.4) is 0 Å². The van der Waals surface area contributed by atoms with Crippen LogP contribution in [0.5, 0.6) is 17.2 Å². The van der Waals surface area contributed by atoms with Crippen LogP contribution in [0.1, 0.15) is 11.7 Å². The van der Waals surface area contributed by atoms with Gasteiger partial charge in [0.25, 0.3) is 0 Å². The first-order valence-corrected chi connectivity index (χ1v) is 12.3. The van der Waals surface area contributed by atoms with Crippen molar-refractivity contribution in [3.63, 3.8) is 0 Å². The maximum absolute atomic E-state index is 13.1. The second-order valence-corrected chi connectivity index (χ2v) is 9.66. The van der Waals surface area contributed by atoms with E-state index in [-0.39, 0.29) is 22.5 Å². The van der Waals surface area contributed by atoms with Crippen molar-refractivity contribution in [2.75, 3.05) is 13.2 Å². The molecule has 14 heteroatoms. The van der Waals surface area contributed by atoms with E-state index in [9.17, 15) is 50.8 Å². The van der Waals surface area contributed by atoms with E-state index in [2.05, 4.69) is 0 Å². The second kappa shape index (κ2) is 10.9. The Kier molecular flexibility index (Phi) is 7.71. The monoisotopic (exact) mass is 564 g/mol. The zero-order chi connectivity index (χ0) is 28.9. The Balaban J connectivity index is 1.58. The minimum absolute atomic E-state index is 0.0126. The van der Waals surface area contributed by atoms with E-state index in [0.29, 0.717) is 5.56 Å². The summed E-state index contributed by atoms with van der Waals surface area (Å²) in [5.74, 6) is -1.42. The van der Waals surface area contributed by atoms with Crippen LogP contribution in [0.4, 0.5) is 0 Å². The molecule has 5 rings (SSSR count). The average Bonchev–Trinajstić information content (AvgIpc) is 2.92. The van der Waals surface area contributed by atoms with Gasteiger partial charge in [0.05, 0.1) is 18.8 Å². The summed E-state index contributed by atoms with van der Waals surface area (Å²) in [5, 5.41) is 92.3. The van der Waals surface area contributed by atoms with Gasteiger partial charge in [-0.2, -0.15) is 0 Å². The summed E-state index contributed by atoms with van der Waals surface area (Å²) in [5.41, 5.74) is -0.980. The Morgan fingerprint density at radius 3 is 2.27 bits per heavy atom. The van der Waals surface area contributed by atoms with E-state index in [1.54, 1.807) is 0 Å². The molecule has 2 aromatic carbocycles. The number of aliphatic hydroxyl groups excluding tert-OH is 6. The van der Waals surface area contributed by atoms with Gasteiger partial charge >= 0.3 is 0 Å². The summed E-state index contributed by atoms with van der Waals surface area (Å²) in [7, 11) is 0. The number of hydrogen-bond donors (Lipinski definition) is 9. The molecule has 0 aliphatic carbocycles. The van der Waals surface area contributed by atoms with Crippen LogP contribution in [0.25, 0.3) is 22.3 Å². The molecule has 14 nitrogen and oxygen atoms in total. The van der Waals surface area contributed by atoms with Crippen LogP contribution in [0, 0.1) is 0 Å². The van der Waals surface area contributed by atoms with Gasteiger partial charge in [-0.1, -0.05) is 0 Å². The zero-order valence-electron chi connectivity index (χ0n) is 20.6. The lowest BCUT2D eigenvalue weighted by Gasteiger charge is -2.45. The molecule has 40 heavy (non-hydrogen) atoms. The topological polar surface area (TPSA) is 240 Å². The normalized spacial score (nSPS) is 32.8. The Hall–Kier alpha value is -3.31. The fraction of sp³-hybridized carbons (Fsp3) is 0.423. The lowest BCUT2D eigenvalue weighted by atomic mass is 9.89. The highest BCUT2D eigenvalue weighted by Gasteiger charge is 2.50. The number of benzene rings is 2. The molecule has 1 aromatic heterocycles. The second-order valence-electron chi connectivity index (χ2n) is 9.66. The number of phenolic OH excluding ortho intramolecular Hbond substituents is 3. The smallest absolute Gasteiger partial charge is 0.197 e. The van der Waals surface area contributed by atoms with Gasteiger partial charge in [-0.05, 0) is 24.3 Å². The number of phenols is 3. The third kappa shape index (κ3) is 4.89. The Bertz CT molecular complexity index is 1420. The van der Waals surface area contributed by atoms with E-state index >= 15 is 0 Å². The van der Waals surface area contributed by atoms with E-state index < -0.39 is 90.8 Å². The number of fused-ring (bicyclic) bond motifs is 1. The first-order chi connectivity index (χ1) is 19.0. The fourth-order valence-corrected chi connectivity index (χ4v) is 4.88. The Labute approximate surface area is 225 Å². The zero-order valence-corrected chi connectivity index (χ0v) is 20.6. The molecule has 9 atom stereocenters. The number of rotatable bonds is 5. The molecular weight excluding hydrogens is 536 g/mol. The molecule has 2 saturated heterocycles. The molecule has 0 amide bonds. The summed E-state index contributed by atoms with van der Waals surface area (Å²) in [6, 6.07) is 7.84. The SMILES string of the molecule is O=c1cc(-c2ccc(O)cc2)oc2cc(O)c([C@H]3O[C@H](CO)[C@@H](O)[C@H](O)[C@H]3O[C@H]3OC[C@H](O)[C@H](O)[C@H]3O)c(O)c12. The van der Waals surface area contributed by atoms with Crippen molar-refractivity contribution in [2.45, 2.75) is 55.1 Å². The van der Waals surface area contributed by atoms with Gasteiger partial charge in [0.2, 0.25) is 0 Å². The van der Waals surface area contributed by atoms with Gasteiger partial charge in [0.15, 0.2) is 11.7 Å². The van der Waals surface area contributed by atoms with Crippen LogP contribution in [0.15, 0.2) is 45.6 Å². The predicted octanol–water partition coefficient (Wildman–Crippen LogP) is -1.45. The highest BCUT2D eigenvalue weighted by Crippen LogP contribution is 2.46. The van der Waals surface area contributed by atoms with Crippen molar-refractivity contribution < 1.29 is 64.6 Å². The first kappa shape index (κ1) is 28.2. The van der Waals surface area contributed by atoms with Gasteiger partial charge in [-0.25, -0.2) is 0 Å². The van der Waals surface area contributed by atoms with E-state index in [1.165, 1.54) is 24.3 Å². The molecule has 0 radical (unpaired) electrons. The van der Waals surface area contributed by atoms with Gasteiger partial charge in [-0.15, -0.1) is 0 Å². The molecule has 0 unspecified atom stereocenters. The standard InChI is InChI=1S/C26H28O14/c27-7-16-20(33)22(35)25(40-26-23(36)19(32)13(31)8-37-26)24(39-16)18-12(30)6-15-17(21(18)34)11(29)5-14(38-15)9-1-3-10(28)4-2-9/h1-6,13,16,19-20,22-28,30-36H,7-8H2/t13-,16+,19-,20+,22-,23+,24+,25+,26+/m0/s1.